The van der Waals surface area contributed by atoms with Crippen LogP contribution in [0.4, 0.5) is 0 Å². The fourth-order valence-electron chi connectivity index (χ4n) is 0.864. The molecule has 7 nitrogen and oxygen atoms in total. The van der Waals surface area contributed by atoms with Crippen LogP contribution in [0.15, 0.2) is 12.2 Å². The normalized spacial score (nSPS) is 12.1. The molecule has 0 aromatic carbocycles. The van der Waals surface area contributed by atoms with Crippen molar-refractivity contribution < 1.29 is 33.7 Å². The largest absolute Gasteiger partial charge is 0.478 e. The van der Waals surface area contributed by atoms with Crippen LogP contribution in [-0.2, 0) is 28.6 Å². The van der Waals surface area contributed by atoms with Gasteiger partial charge in [-0.2, -0.15) is 0 Å². The molecule has 0 saturated heterocycles. The van der Waals surface area contributed by atoms with Crippen molar-refractivity contribution >= 4 is 17.9 Å². The van der Waals surface area contributed by atoms with E-state index in [2.05, 4.69) is 4.74 Å². The van der Waals surface area contributed by atoms with Gasteiger partial charge in [-0.25, -0.2) is 14.4 Å². The highest BCUT2D eigenvalue weighted by Gasteiger charge is 2.17. The van der Waals surface area contributed by atoms with E-state index >= 15 is 0 Å². The summed E-state index contributed by atoms with van der Waals surface area (Å²) in [6.07, 6.45) is 0.236. The summed E-state index contributed by atoms with van der Waals surface area (Å²) in [5.41, 5.74) is 0. The Bertz CT molecular complexity index is 321. The molecule has 7 heteroatoms. The minimum atomic E-state index is -1.28. The van der Waals surface area contributed by atoms with Crippen molar-refractivity contribution in [3.63, 3.8) is 0 Å². The number of hydrogen-bond donors (Lipinski definition) is 1. The van der Waals surface area contributed by atoms with Crippen LogP contribution in [-0.4, -0.2) is 48.9 Å². The van der Waals surface area contributed by atoms with Crippen molar-refractivity contribution in [1.82, 2.24) is 0 Å². The molecule has 1 atom stereocenters. The summed E-state index contributed by atoms with van der Waals surface area (Å²) in [6, 6.07) is 0. The average Bonchev–Trinajstić information content (AvgIpc) is 2.31. The van der Waals surface area contributed by atoms with Gasteiger partial charge >= 0.3 is 17.9 Å². The van der Waals surface area contributed by atoms with Gasteiger partial charge in [0.25, 0.3) is 0 Å². The van der Waals surface area contributed by atoms with Crippen molar-refractivity contribution in [3.8, 4) is 0 Å². The molecule has 0 bridgehead atoms. The highest BCUT2D eigenvalue weighted by Crippen LogP contribution is 1.96. The van der Waals surface area contributed by atoms with Crippen molar-refractivity contribution in [1.29, 1.82) is 0 Å². The monoisotopic (exact) mass is 260 g/mol. The molecule has 0 aliphatic heterocycles. The number of esters is 2. The van der Waals surface area contributed by atoms with Crippen LogP contribution in [0.5, 0.6) is 0 Å². The first-order valence-corrected chi connectivity index (χ1v) is 5.33. The quantitative estimate of drug-likeness (QED) is 0.376. The first kappa shape index (κ1) is 16.1. The molecule has 0 aromatic heterocycles. The van der Waals surface area contributed by atoms with E-state index < -0.39 is 24.0 Å². The smallest absolute Gasteiger partial charge is 0.347 e. The fraction of sp³-hybridized carbons (Fsp3) is 0.545. The summed E-state index contributed by atoms with van der Waals surface area (Å²) in [7, 11) is 0. The second kappa shape index (κ2) is 9.17. The second-order valence-electron chi connectivity index (χ2n) is 3.12. The maximum Gasteiger partial charge on any atom is 0.347 e. The lowest BCUT2D eigenvalue weighted by molar-refractivity contribution is -0.164. The average molecular weight is 260 g/mol. The Labute approximate surface area is 104 Å². The number of hydrogen-bond acceptors (Lipinski definition) is 6. The molecule has 102 valence electrons. The van der Waals surface area contributed by atoms with Gasteiger partial charge in [-0.15, -0.1) is 0 Å². The van der Waals surface area contributed by atoms with E-state index in [0.29, 0.717) is 18.8 Å². The molecular formula is C11H16O7. The van der Waals surface area contributed by atoms with E-state index in [4.69, 9.17) is 14.6 Å². The summed E-state index contributed by atoms with van der Waals surface area (Å²) < 4.78 is 14.3. The van der Waals surface area contributed by atoms with Gasteiger partial charge in [0.05, 0.1) is 6.61 Å². The summed E-state index contributed by atoms with van der Waals surface area (Å²) in [6.45, 7) is 3.99. The van der Waals surface area contributed by atoms with E-state index in [1.54, 1.807) is 6.92 Å². The topological polar surface area (TPSA) is 99.1 Å². The van der Waals surface area contributed by atoms with Gasteiger partial charge in [-0.1, -0.05) is 0 Å². The van der Waals surface area contributed by atoms with Crippen LogP contribution in [0, 0.1) is 0 Å². The number of carbonyl (C=O) groups excluding carboxylic acids is 2. The molecule has 0 rings (SSSR count). The molecule has 1 unspecified atom stereocenters. The molecule has 0 spiro atoms. The number of rotatable bonds is 8. The van der Waals surface area contributed by atoms with Crippen LogP contribution in [0.2, 0.25) is 0 Å². The number of aliphatic carboxylic acids is 1. The van der Waals surface area contributed by atoms with Crippen LogP contribution < -0.4 is 0 Å². The molecule has 0 aliphatic carbocycles. The van der Waals surface area contributed by atoms with Gasteiger partial charge in [-0.3, -0.25) is 0 Å². The zero-order chi connectivity index (χ0) is 14.0. The van der Waals surface area contributed by atoms with Gasteiger partial charge in [0.1, 0.15) is 6.61 Å². The highest BCUT2D eigenvalue weighted by molar-refractivity contribution is 5.91. The van der Waals surface area contributed by atoms with Crippen LogP contribution in [0.25, 0.3) is 0 Å². The lowest BCUT2D eigenvalue weighted by Gasteiger charge is -2.11. The van der Waals surface area contributed by atoms with Gasteiger partial charge in [0.15, 0.2) is 6.10 Å². The third-order valence-electron chi connectivity index (χ3n) is 1.66. The SMILES string of the molecule is CCOCCOC(=O)C(C)OC(=O)/C=C/C(=O)O. The lowest BCUT2D eigenvalue weighted by atomic mass is 10.4. The van der Waals surface area contributed by atoms with Crippen molar-refractivity contribution in [2.24, 2.45) is 0 Å². The minimum Gasteiger partial charge on any atom is -0.478 e. The maximum atomic E-state index is 11.3. The number of ether oxygens (including phenoxy) is 3. The summed E-state index contributed by atoms with van der Waals surface area (Å²) in [5, 5.41) is 8.27. The van der Waals surface area contributed by atoms with E-state index in [9.17, 15) is 14.4 Å². The minimum absolute atomic E-state index is 0.0690. The summed E-state index contributed by atoms with van der Waals surface area (Å²) >= 11 is 0. The van der Waals surface area contributed by atoms with Crippen molar-refractivity contribution in [2.45, 2.75) is 20.0 Å². The predicted octanol–water partition coefficient (Wildman–Crippen LogP) is 0.139. The van der Waals surface area contributed by atoms with Gasteiger partial charge < -0.3 is 19.3 Å². The maximum absolute atomic E-state index is 11.3. The summed E-state index contributed by atoms with van der Waals surface area (Å²) in [4.78, 5) is 32.4. The molecule has 0 fully saturated rings. The molecule has 0 aliphatic rings. The van der Waals surface area contributed by atoms with E-state index in [-0.39, 0.29) is 13.2 Å². The number of carboxylic acid groups (broad SMARTS) is 1. The van der Waals surface area contributed by atoms with E-state index in [1.165, 1.54) is 6.92 Å². The van der Waals surface area contributed by atoms with Crippen LogP contribution in [0.1, 0.15) is 13.8 Å². The second-order valence-corrected chi connectivity index (χ2v) is 3.12. The first-order valence-electron chi connectivity index (χ1n) is 5.33. The lowest BCUT2D eigenvalue weighted by Crippen LogP contribution is -2.26. The first-order chi connectivity index (χ1) is 8.47. The Balaban J connectivity index is 3.93. The Morgan fingerprint density at radius 3 is 2.44 bits per heavy atom. The van der Waals surface area contributed by atoms with Crippen molar-refractivity contribution in [3.05, 3.63) is 12.2 Å². The van der Waals surface area contributed by atoms with Crippen LogP contribution in [0.3, 0.4) is 0 Å². The zero-order valence-electron chi connectivity index (χ0n) is 10.3. The summed E-state index contributed by atoms with van der Waals surface area (Å²) in [5.74, 6) is -2.92. The molecule has 0 heterocycles. The third kappa shape index (κ3) is 8.28. The third-order valence-corrected chi connectivity index (χ3v) is 1.66. The Hall–Kier alpha value is -1.89. The molecule has 0 radical (unpaired) electrons. The Morgan fingerprint density at radius 1 is 1.22 bits per heavy atom. The van der Waals surface area contributed by atoms with Gasteiger partial charge in [-0.05, 0) is 13.8 Å². The number of carbonyl (C=O) groups is 3. The Kier molecular flexibility index (Phi) is 8.21. The van der Waals surface area contributed by atoms with Gasteiger partial charge in [0.2, 0.25) is 0 Å². The standard InChI is InChI=1S/C11H16O7/c1-3-16-6-7-17-11(15)8(2)18-10(14)5-4-9(12)13/h4-5,8H,3,6-7H2,1-2H3,(H,12,13)/b5-4+. The molecule has 0 amide bonds. The predicted molar refractivity (Wildman–Crippen MR) is 59.8 cm³/mol. The molecule has 0 aromatic rings. The zero-order valence-corrected chi connectivity index (χ0v) is 10.3. The molecule has 1 N–H and O–H groups in total. The molecular weight excluding hydrogens is 244 g/mol. The number of carboxylic acids is 1. The van der Waals surface area contributed by atoms with E-state index in [1.807, 2.05) is 0 Å². The van der Waals surface area contributed by atoms with Gasteiger partial charge in [0, 0.05) is 18.8 Å². The Morgan fingerprint density at radius 2 is 1.89 bits per heavy atom. The molecule has 18 heavy (non-hydrogen) atoms. The van der Waals surface area contributed by atoms with Crippen molar-refractivity contribution in [2.75, 3.05) is 19.8 Å². The van der Waals surface area contributed by atoms with E-state index in [0.717, 1.165) is 0 Å². The molecule has 0 saturated carbocycles. The highest BCUT2D eigenvalue weighted by atomic mass is 16.6. The fourth-order valence-corrected chi connectivity index (χ4v) is 0.864. The van der Waals surface area contributed by atoms with Crippen LogP contribution >= 0.6 is 0 Å².